The number of hydrogen-bond donors (Lipinski definition) is 2. The maximum absolute atomic E-state index is 10.6. The van der Waals surface area contributed by atoms with Crippen LogP contribution in [0.1, 0.15) is 18.2 Å². The Hall–Kier alpha value is -2.10. The minimum absolute atomic E-state index is 0.0605. The Kier molecular flexibility index (Phi) is 2.63. The van der Waals surface area contributed by atoms with E-state index in [0.717, 1.165) is 36.3 Å². The number of hydrogen-bond acceptors (Lipinski definition) is 2. The zero-order valence-corrected chi connectivity index (χ0v) is 10.2. The largest absolute Gasteiger partial charge is 0.353 e. The third-order valence-electron chi connectivity index (χ3n) is 3.44. The lowest BCUT2D eigenvalue weighted by molar-refractivity contribution is -0.109. The molecule has 2 N–H and O–H groups in total. The SMILES string of the molecule is CC(NC=O)C1=NCCc2c1[nH]c1ccccc21. The molecule has 0 bridgehead atoms. The van der Waals surface area contributed by atoms with E-state index >= 15 is 0 Å². The summed E-state index contributed by atoms with van der Waals surface area (Å²) in [7, 11) is 0. The molecule has 2 heterocycles. The molecule has 0 aliphatic carbocycles. The summed E-state index contributed by atoms with van der Waals surface area (Å²) in [5, 5.41) is 4.03. The van der Waals surface area contributed by atoms with E-state index in [2.05, 4.69) is 33.5 Å². The van der Waals surface area contributed by atoms with Crippen LogP contribution in [0.3, 0.4) is 0 Å². The van der Waals surface area contributed by atoms with Gasteiger partial charge in [-0.3, -0.25) is 9.79 Å². The van der Waals surface area contributed by atoms with Gasteiger partial charge in [-0.25, -0.2) is 0 Å². The first-order chi connectivity index (χ1) is 8.81. The quantitative estimate of drug-likeness (QED) is 0.789. The molecule has 18 heavy (non-hydrogen) atoms. The van der Waals surface area contributed by atoms with Crippen molar-refractivity contribution >= 4 is 23.0 Å². The zero-order valence-electron chi connectivity index (χ0n) is 10.2. The Bertz CT molecular complexity index is 627. The van der Waals surface area contributed by atoms with Crippen molar-refractivity contribution in [2.75, 3.05) is 6.54 Å². The summed E-state index contributed by atoms with van der Waals surface area (Å²) in [6.45, 7) is 2.74. The van der Waals surface area contributed by atoms with E-state index < -0.39 is 0 Å². The third kappa shape index (κ3) is 1.61. The molecule has 1 aliphatic heterocycles. The van der Waals surface area contributed by atoms with Gasteiger partial charge in [0.25, 0.3) is 0 Å². The molecule has 1 aromatic carbocycles. The van der Waals surface area contributed by atoms with Crippen LogP contribution in [-0.2, 0) is 11.2 Å². The number of fused-ring (bicyclic) bond motifs is 3. The molecule has 0 saturated heterocycles. The molecule has 1 unspecified atom stereocenters. The highest BCUT2D eigenvalue weighted by Gasteiger charge is 2.22. The number of aromatic amines is 1. The Morgan fingerprint density at radius 1 is 1.44 bits per heavy atom. The molecule has 0 fully saturated rings. The maximum atomic E-state index is 10.6. The van der Waals surface area contributed by atoms with Crippen LogP contribution in [0.5, 0.6) is 0 Å². The second kappa shape index (κ2) is 4.29. The fourth-order valence-electron chi connectivity index (χ4n) is 2.58. The summed E-state index contributed by atoms with van der Waals surface area (Å²) >= 11 is 0. The average Bonchev–Trinajstić information content (AvgIpc) is 2.77. The topological polar surface area (TPSA) is 57.2 Å². The van der Waals surface area contributed by atoms with Gasteiger partial charge >= 0.3 is 0 Å². The van der Waals surface area contributed by atoms with Crippen LogP contribution < -0.4 is 5.32 Å². The molecule has 4 heteroatoms. The predicted molar refractivity (Wildman–Crippen MR) is 72.1 cm³/mol. The van der Waals surface area contributed by atoms with Gasteiger partial charge in [0.15, 0.2) is 0 Å². The summed E-state index contributed by atoms with van der Waals surface area (Å²) in [6, 6.07) is 8.21. The molecule has 3 rings (SSSR count). The molecule has 1 atom stereocenters. The van der Waals surface area contributed by atoms with Crippen LogP contribution in [0, 0.1) is 0 Å². The number of rotatable bonds is 3. The summed E-state index contributed by atoms with van der Waals surface area (Å²) in [5.74, 6) is 0. The minimum Gasteiger partial charge on any atom is -0.353 e. The van der Waals surface area contributed by atoms with Crippen LogP contribution >= 0.6 is 0 Å². The van der Waals surface area contributed by atoms with Gasteiger partial charge in [-0.05, 0) is 25.0 Å². The molecule has 0 radical (unpaired) electrons. The van der Waals surface area contributed by atoms with E-state index in [9.17, 15) is 4.79 Å². The molecule has 2 aromatic rings. The Morgan fingerprint density at radius 3 is 3.11 bits per heavy atom. The van der Waals surface area contributed by atoms with Crippen LogP contribution in [0.4, 0.5) is 0 Å². The van der Waals surface area contributed by atoms with Crippen molar-refractivity contribution < 1.29 is 4.79 Å². The van der Waals surface area contributed by atoms with Crippen molar-refractivity contribution in [1.82, 2.24) is 10.3 Å². The molecule has 4 nitrogen and oxygen atoms in total. The fourth-order valence-corrected chi connectivity index (χ4v) is 2.58. The summed E-state index contributed by atoms with van der Waals surface area (Å²) in [6.07, 6.45) is 1.68. The number of aromatic nitrogens is 1. The monoisotopic (exact) mass is 241 g/mol. The number of nitrogens with zero attached hydrogens (tertiary/aromatic N) is 1. The van der Waals surface area contributed by atoms with Crippen molar-refractivity contribution in [3.05, 3.63) is 35.5 Å². The normalized spacial score (nSPS) is 15.9. The number of amides is 1. The second-order valence-corrected chi connectivity index (χ2v) is 4.55. The number of aliphatic imine (C=N–C) groups is 1. The Labute approximate surface area is 105 Å². The van der Waals surface area contributed by atoms with Crippen molar-refractivity contribution in [2.24, 2.45) is 4.99 Å². The summed E-state index contributed by atoms with van der Waals surface area (Å²) < 4.78 is 0. The molecule has 0 spiro atoms. The van der Waals surface area contributed by atoms with E-state index in [1.165, 1.54) is 10.9 Å². The van der Waals surface area contributed by atoms with Crippen molar-refractivity contribution in [3.63, 3.8) is 0 Å². The first-order valence-electron chi connectivity index (χ1n) is 6.15. The van der Waals surface area contributed by atoms with Crippen LogP contribution in [0.15, 0.2) is 29.3 Å². The van der Waals surface area contributed by atoms with Crippen molar-refractivity contribution in [1.29, 1.82) is 0 Å². The smallest absolute Gasteiger partial charge is 0.207 e. The summed E-state index contributed by atoms with van der Waals surface area (Å²) in [5.41, 5.74) is 4.47. The highest BCUT2D eigenvalue weighted by molar-refractivity contribution is 6.09. The second-order valence-electron chi connectivity index (χ2n) is 4.55. The van der Waals surface area contributed by atoms with E-state index in [1.54, 1.807) is 0 Å². The lowest BCUT2D eigenvalue weighted by Crippen LogP contribution is -2.35. The molecular formula is C14H15N3O. The standard InChI is InChI=1S/C14H15N3O/c1-9(16-8-18)13-14-11(6-7-15-13)10-4-2-3-5-12(10)17-14/h2-5,8-9,17H,6-7H2,1H3,(H,16,18). The maximum Gasteiger partial charge on any atom is 0.207 e. The molecule has 1 aliphatic rings. The van der Waals surface area contributed by atoms with Gasteiger partial charge in [-0.2, -0.15) is 0 Å². The first-order valence-corrected chi connectivity index (χ1v) is 6.15. The minimum atomic E-state index is -0.0605. The fraction of sp³-hybridized carbons (Fsp3) is 0.286. The molecule has 92 valence electrons. The van der Waals surface area contributed by atoms with Gasteiger partial charge in [0, 0.05) is 17.4 Å². The summed E-state index contributed by atoms with van der Waals surface area (Å²) in [4.78, 5) is 18.5. The van der Waals surface area contributed by atoms with Crippen molar-refractivity contribution in [2.45, 2.75) is 19.4 Å². The van der Waals surface area contributed by atoms with E-state index in [1.807, 2.05) is 13.0 Å². The highest BCUT2D eigenvalue weighted by atomic mass is 16.1. The number of H-pyrrole nitrogens is 1. The molecule has 1 aromatic heterocycles. The third-order valence-corrected chi connectivity index (χ3v) is 3.44. The van der Waals surface area contributed by atoms with Gasteiger partial charge in [-0.15, -0.1) is 0 Å². The number of para-hydroxylation sites is 1. The van der Waals surface area contributed by atoms with E-state index in [0.29, 0.717) is 0 Å². The van der Waals surface area contributed by atoms with Gasteiger partial charge in [0.05, 0.1) is 17.4 Å². The van der Waals surface area contributed by atoms with Gasteiger partial charge in [-0.1, -0.05) is 18.2 Å². The van der Waals surface area contributed by atoms with Gasteiger partial charge in [0.1, 0.15) is 0 Å². The number of nitrogens with one attached hydrogen (secondary N) is 2. The predicted octanol–water partition coefficient (Wildman–Crippen LogP) is 1.65. The molecule has 1 amide bonds. The lowest BCUT2D eigenvalue weighted by atomic mass is 9.99. The number of carbonyl (C=O) groups excluding carboxylic acids is 1. The van der Waals surface area contributed by atoms with Gasteiger partial charge < -0.3 is 10.3 Å². The zero-order chi connectivity index (χ0) is 12.5. The molecular weight excluding hydrogens is 226 g/mol. The Balaban J connectivity index is 2.13. The number of benzene rings is 1. The van der Waals surface area contributed by atoms with E-state index in [4.69, 9.17) is 0 Å². The molecule has 0 saturated carbocycles. The van der Waals surface area contributed by atoms with Crippen LogP contribution in [-0.4, -0.2) is 29.7 Å². The van der Waals surface area contributed by atoms with E-state index in [-0.39, 0.29) is 6.04 Å². The van der Waals surface area contributed by atoms with Crippen LogP contribution in [0.25, 0.3) is 10.9 Å². The average molecular weight is 241 g/mol. The van der Waals surface area contributed by atoms with Crippen molar-refractivity contribution in [3.8, 4) is 0 Å². The van der Waals surface area contributed by atoms with Crippen LogP contribution in [0.2, 0.25) is 0 Å². The highest BCUT2D eigenvalue weighted by Crippen LogP contribution is 2.26. The first kappa shape index (κ1) is 11.0. The lowest BCUT2D eigenvalue weighted by Gasteiger charge is -2.18. The van der Waals surface area contributed by atoms with Gasteiger partial charge in [0.2, 0.25) is 6.41 Å². The Morgan fingerprint density at radius 2 is 2.28 bits per heavy atom. The number of carbonyl (C=O) groups is 1.